The maximum absolute atomic E-state index is 14.2. The molecule has 0 radical (unpaired) electrons. The maximum atomic E-state index is 14.2. The van der Waals surface area contributed by atoms with Gasteiger partial charge in [-0.25, -0.2) is 9.78 Å². The highest BCUT2D eigenvalue weighted by Crippen LogP contribution is 2.43. The third kappa shape index (κ3) is 5.45. The predicted molar refractivity (Wildman–Crippen MR) is 131 cm³/mol. The van der Waals surface area contributed by atoms with Gasteiger partial charge in [0.1, 0.15) is 5.01 Å². The lowest BCUT2D eigenvalue weighted by molar-refractivity contribution is -0.226. The second kappa shape index (κ2) is 9.97. The topological polar surface area (TPSA) is 81.0 Å². The molecule has 13 heteroatoms. The number of aromatic nitrogens is 3. The number of aromatic amines is 1. The first kappa shape index (κ1) is 26.6. The van der Waals surface area contributed by atoms with E-state index in [1.165, 1.54) is 19.1 Å². The number of halogens is 6. The quantitative estimate of drug-likeness (QED) is 0.216. The van der Waals surface area contributed by atoms with Crippen LogP contribution in [0.15, 0.2) is 70.0 Å². The van der Waals surface area contributed by atoms with Gasteiger partial charge in [-0.05, 0) is 35.4 Å². The van der Waals surface area contributed by atoms with Gasteiger partial charge in [0.15, 0.2) is 11.9 Å². The zero-order chi connectivity index (χ0) is 27.9. The molecular weight excluding hydrogens is 548 g/mol. The number of nitrogens with zero attached hydrogens (tertiary/aromatic N) is 2. The Morgan fingerprint density at radius 2 is 1.67 bits per heavy atom. The Kier molecular flexibility index (Phi) is 6.81. The lowest BCUT2D eigenvalue weighted by Gasteiger charge is -2.21. The minimum absolute atomic E-state index is 0.0624. The third-order valence-electron chi connectivity index (χ3n) is 5.94. The zero-order valence-corrected chi connectivity index (χ0v) is 20.7. The molecule has 6 nitrogen and oxygen atoms in total. The summed E-state index contributed by atoms with van der Waals surface area (Å²) in [7, 11) is 0. The summed E-state index contributed by atoms with van der Waals surface area (Å²) in [5, 5.41) is 5.03. The van der Waals surface area contributed by atoms with Crippen LogP contribution in [0, 0.1) is 6.92 Å². The van der Waals surface area contributed by atoms with Crippen LogP contribution in [0.2, 0.25) is 0 Å². The summed E-state index contributed by atoms with van der Waals surface area (Å²) in [6.07, 6.45) is -11.6. The number of rotatable bonds is 6. The normalized spacial score (nSPS) is 13.2. The molecule has 1 unspecified atom stereocenters. The summed E-state index contributed by atoms with van der Waals surface area (Å²) in [5.41, 5.74) is 0.430. The first-order valence-electron chi connectivity index (χ1n) is 11.3. The van der Waals surface area contributed by atoms with E-state index in [1.54, 1.807) is 36.4 Å². The van der Waals surface area contributed by atoms with Gasteiger partial charge in [0.05, 0.1) is 22.7 Å². The molecule has 0 spiro atoms. The number of thiazole rings is 1. The number of hydrogen-bond acceptors (Lipinski definition) is 6. The molecule has 3 aromatic carbocycles. The van der Waals surface area contributed by atoms with Crippen molar-refractivity contribution in [2.24, 2.45) is 0 Å². The van der Waals surface area contributed by atoms with E-state index < -0.39 is 36.4 Å². The summed E-state index contributed by atoms with van der Waals surface area (Å²) in [6, 6.07) is 14.1. The van der Waals surface area contributed by atoms with E-state index in [9.17, 15) is 31.1 Å². The molecule has 2 aromatic heterocycles. The van der Waals surface area contributed by atoms with E-state index in [2.05, 4.69) is 19.6 Å². The number of ether oxygens (including phenoxy) is 1. The summed E-state index contributed by atoms with van der Waals surface area (Å²) in [5.74, 6) is -0.571. The highest BCUT2D eigenvalue weighted by molar-refractivity contribution is 7.15. The van der Waals surface area contributed by atoms with Crippen LogP contribution in [0.25, 0.3) is 32.7 Å². The van der Waals surface area contributed by atoms with Crippen LogP contribution in [0.5, 0.6) is 0 Å². The molecule has 0 saturated heterocycles. The molecule has 39 heavy (non-hydrogen) atoms. The van der Waals surface area contributed by atoms with Crippen LogP contribution in [0.1, 0.15) is 27.8 Å². The summed E-state index contributed by atoms with van der Waals surface area (Å²) in [4.78, 5) is 17.8. The van der Waals surface area contributed by atoms with E-state index in [0.717, 1.165) is 12.1 Å². The van der Waals surface area contributed by atoms with Crippen molar-refractivity contribution in [3.8, 4) is 22.0 Å². The molecule has 0 aliphatic carbocycles. The van der Waals surface area contributed by atoms with Crippen molar-refractivity contribution in [2.45, 2.75) is 32.0 Å². The Morgan fingerprint density at radius 1 is 0.974 bits per heavy atom. The van der Waals surface area contributed by atoms with Gasteiger partial charge in [-0.3, -0.25) is 9.51 Å². The number of nitrogens with one attached hydrogen (secondary N) is 1. The fraction of sp³-hybridized carbons (Fsp3) is 0.192. The predicted octanol–water partition coefficient (Wildman–Crippen LogP) is 7.45. The van der Waals surface area contributed by atoms with Crippen LogP contribution in [-0.4, -0.2) is 21.3 Å². The highest BCUT2D eigenvalue weighted by atomic mass is 32.1. The van der Waals surface area contributed by atoms with Crippen molar-refractivity contribution in [2.75, 3.05) is 0 Å². The van der Waals surface area contributed by atoms with Gasteiger partial charge in [0, 0.05) is 11.1 Å². The molecule has 0 amide bonds. The molecule has 0 bridgehead atoms. The van der Waals surface area contributed by atoms with Crippen molar-refractivity contribution in [3.05, 3.63) is 92.9 Å². The van der Waals surface area contributed by atoms with Gasteiger partial charge in [-0.15, -0.1) is 11.3 Å². The van der Waals surface area contributed by atoms with Crippen molar-refractivity contribution in [3.63, 3.8) is 0 Å². The summed E-state index contributed by atoms with van der Waals surface area (Å²) < 4.78 is 91.1. The Labute approximate surface area is 219 Å². The summed E-state index contributed by atoms with van der Waals surface area (Å²) >= 11 is 0.712. The van der Waals surface area contributed by atoms with Crippen LogP contribution in [0.4, 0.5) is 26.3 Å². The average molecular weight is 565 g/mol. The lowest BCUT2D eigenvalue weighted by Crippen LogP contribution is -2.23. The minimum atomic E-state index is -4.79. The van der Waals surface area contributed by atoms with E-state index in [1.807, 2.05) is 0 Å². The van der Waals surface area contributed by atoms with Gasteiger partial charge in [-0.1, -0.05) is 53.7 Å². The molecule has 5 aromatic rings. The lowest BCUT2D eigenvalue weighted by atomic mass is 9.99. The van der Waals surface area contributed by atoms with Crippen LogP contribution >= 0.6 is 11.3 Å². The molecule has 0 aliphatic rings. The van der Waals surface area contributed by atoms with E-state index in [4.69, 9.17) is 4.74 Å². The Hall–Kier alpha value is -3.97. The smallest absolute Gasteiger partial charge is 0.358 e. The van der Waals surface area contributed by atoms with Gasteiger partial charge in [0.25, 0.3) is 0 Å². The number of alkyl halides is 6. The standard InChI is InChI=1S/C26H17F6N3O3S/c1-13-20(39-23(33-13)14-6-9-16(10-7-14)25(27,28)29)21(26(30,31)32)37-12-15-8-11-19(22-34-24(36)38-35-22)18-5-3-2-4-17(15)18/h2-11,21H,12H2,1H3,(H,34,35,36). The number of benzene rings is 3. The molecule has 1 N–H and O–H groups in total. The first-order valence-corrected chi connectivity index (χ1v) is 12.1. The van der Waals surface area contributed by atoms with Gasteiger partial charge in [0.2, 0.25) is 0 Å². The number of H-pyrrole nitrogens is 1. The molecular formula is C26H17F6N3O3S. The van der Waals surface area contributed by atoms with Crippen LogP contribution in [-0.2, 0) is 17.5 Å². The molecule has 5 rings (SSSR count). The first-order chi connectivity index (χ1) is 18.4. The van der Waals surface area contributed by atoms with Gasteiger partial charge in [-0.2, -0.15) is 26.3 Å². The molecule has 0 fully saturated rings. The zero-order valence-electron chi connectivity index (χ0n) is 19.9. The van der Waals surface area contributed by atoms with Crippen molar-refractivity contribution in [1.82, 2.24) is 15.1 Å². The third-order valence-corrected chi connectivity index (χ3v) is 7.19. The van der Waals surface area contributed by atoms with Crippen LogP contribution in [0.3, 0.4) is 0 Å². The van der Waals surface area contributed by atoms with Gasteiger partial charge < -0.3 is 4.74 Å². The van der Waals surface area contributed by atoms with E-state index in [-0.39, 0.29) is 27.0 Å². The molecule has 2 heterocycles. The Bertz CT molecular complexity index is 1690. The number of hydrogen-bond donors (Lipinski definition) is 1. The monoisotopic (exact) mass is 565 g/mol. The maximum Gasteiger partial charge on any atom is 0.439 e. The fourth-order valence-corrected chi connectivity index (χ4v) is 5.26. The fourth-order valence-electron chi connectivity index (χ4n) is 4.11. The van der Waals surface area contributed by atoms with E-state index >= 15 is 0 Å². The average Bonchev–Trinajstić information content (AvgIpc) is 3.48. The largest absolute Gasteiger partial charge is 0.439 e. The van der Waals surface area contributed by atoms with E-state index in [0.29, 0.717) is 33.2 Å². The molecule has 0 aliphatic heterocycles. The Balaban J connectivity index is 1.45. The molecule has 1 atom stereocenters. The number of fused-ring (bicyclic) bond motifs is 1. The highest BCUT2D eigenvalue weighted by Gasteiger charge is 2.44. The second-order valence-corrected chi connectivity index (χ2v) is 9.57. The van der Waals surface area contributed by atoms with Crippen molar-refractivity contribution in [1.29, 1.82) is 0 Å². The minimum Gasteiger partial charge on any atom is -0.358 e. The van der Waals surface area contributed by atoms with Crippen molar-refractivity contribution >= 4 is 22.1 Å². The van der Waals surface area contributed by atoms with Gasteiger partial charge >= 0.3 is 18.1 Å². The Morgan fingerprint density at radius 3 is 2.28 bits per heavy atom. The second-order valence-electron chi connectivity index (χ2n) is 8.54. The van der Waals surface area contributed by atoms with Crippen molar-refractivity contribution < 1.29 is 35.6 Å². The number of aryl methyl sites for hydroxylation is 1. The molecule has 202 valence electrons. The van der Waals surface area contributed by atoms with Crippen LogP contribution < -0.4 is 5.76 Å². The summed E-state index contributed by atoms with van der Waals surface area (Å²) in [6.45, 7) is 0.984. The molecule has 0 saturated carbocycles. The SMILES string of the molecule is Cc1nc(-c2ccc(C(F)(F)F)cc2)sc1C(OCc1ccc(-c2noc(=O)[nH]2)c2ccccc12)C(F)(F)F.